The average Bonchev–Trinajstić information content (AvgIpc) is 1.19. The van der Waals surface area contributed by atoms with E-state index < -0.39 is 15.1 Å². The zero-order valence-corrected chi connectivity index (χ0v) is 9.89. The van der Waals surface area contributed by atoms with Crippen molar-refractivity contribution in [1.29, 1.82) is 0 Å². The first-order valence-corrected chi connectivity index (χ1v) is 3.00. The smallest absolute Gasteiger partial charge is 0.907 e. The van der Waals surface area contributed by atoms with Gasteiger partial charge in [-0.1, -0.05) is 0 Å². The third-order valence-electron chi connectivity index (χ3n) is 0. The summed E-state index contributed by atoms with van der Waals surface area (Å²) in [7, 11) is -7.81. The normalized spacial score (nSPS) is 7.82. The van der Waals surface area contributed by atoms with Crippen LogP contribution in [0.1, 0.15) is 0 Å². The Balaban J connectivity index is -0.0000000383. The Hall–Kier alpha value is 2.08. The maximum atomic E-state index is 8.77. The topological polar surface area (TPSA) is 150 Å². The van der Waals surface area contributed by atoms with Gasteiger partial charge in [-0.15, -0.1) is 0 Å². The van der Waals surface area contributed by atoms with Crippen LogP contribution in [0.2, 0.25) is 0 Å². The number of hydrogen-bond acceptors (Lipinski definition) is 5. The minimum absolute atomic E-state index is 0. The standard InChI is InChI=1S/BO3.Ca.Mg.H3O4P/c2-1(3)4;;;1-5(2,3)4/h;;;(H3,1,2,3,4)/q-3;2*+2;/p-1. The Bertz CT molecular complexity index is 89.6. The summed E-state index contributed by atoms with van der Waals surface area (Å²) >= 11 is 0. The van der Waals surface area contributed by atoms with Crippen molar-refractivity contribution in [3.63, 3.8) is 0 Å². The summed E-state index contributed by atoms with van der Waals surface area (Å²) in [5, 5.41) is 25.2. The molecule has 0 aromatic carbocycles. The van der Waals surface area contributed by atoms with Gasteiger partial charge in [-0.05, 0) is 0 Å². The summed E-state index contributed by atoms with van der Waals surface area (Å²) in [5.41, 5.74) is 0. The van der Waals surface area contributed by atoms with Gasteiger partial charge in [-0.25, -0.2) is 0 Å². The van der Waals surface area contributed by atoms with Crippen LogP contribution in [0.25, 0.3) is 0 Å². The monoisotopic (exact) mass is 220 g/mol. The van der Waals surface area contributed by atoms with Crippen LogP contribution in [0.5, 0.6) is 0 Å². The third kappa shape index (κ3) is 284. The van der Waals surface area contributed by atoms with Crippen molar-refractivity contribution in [3.05, 3.63) is 0 Å². The predicted molar refractivity (Wildman–Crippen MR) is 29.3 cm³/mol. The molecule has 0 aromatic rings. The van der Waals surface area contributed by atoms with E-state index in [1.807, 2.05) is 0 Å². The molecule has 0 aromatic heterocycles. The molecule has 0 saturated heterocycles. The molecule has 0 aliphatic carbocycles. The molecule has 0 aliphatic rings. The Morgan fingerprint density at radius 2 is 1.18 bits per heavy atom. The molecule has 2 N–H and O–H groups in total. The molecule has 0 rings (SSSR count). The molecule has 0 amide bonds. The van der Waals surface area contributed by atoms with Crippen molar-refractivity contribution in [2.75, 3.05) is 0 Å². The van der Waals surface area contributed by atoms with E-state index in [2.05, 4.69) is 0 Å². The zero-order chi connectivity index (χ0) is 8.08. The molecule has 0 aliphatic heterocycles. The van der Waals surface area contributed by atoms with Crippen LogP contribution < -0.4 is 20.0 Å². The zero-order valence-electron chi connectivity index (χ0n) is 5.37. The molecule has 0 bridgehead atoms. The first-order chi connectivity index (χ1) is 3.73. The quantitative estimate of drug-likeness (QED) is 0.304. The molecule has 7 nitrogen and oxygen atoms in total. The van der Waals surface area contributed by atoms with Crippen molar-refractivity contribution in [2.45, 2.75) is 0 Å². The Kier molecular flexibility index (Phi) is 25.4. The van der Waals surface area contributed by atoms with Crippen LogP contribution >= 0.6 is 7.82 Å². The molecule has 0 spiro atoms. The summed E-state index contributed by atoms with van der Waals surface area (Å²) in [6.45, 7) is 0. The van der Waals surface area contributed by atoms with Gasteiger partial charge >= 0.3 is 60.8 Å². The van der Waals surface area contributed by atoms with Crippen LogP contribution in [0.3, 0.4) is 0 Å². The molecule has 0 atom stereocenters. The van der Waals surface area contributed by atoms with Gasteiger partial charge in [0.25, 0.3) is 7.82 Å². The molecule has 0 saturated carbocycles. The molecule has 11 heteroatoms. The van der Waals surface area contributed by atoms with E-state index in [1.165, 1.54) is 0 Å². The molecular formula is H2BCaMgO7P. The van der Waals surface area contributed by atoms with E-state index in [4.69, 9.17) is 34.3 Å². The van der Waals surface area contributed by atoms with Crippen molar-refractivity contribution in [3.8, 4) is 0 Å². The maximum Gasteiger partial charge on any atom is 2.00 e. The average molecular weight is 220 g/mol. The predicted octanol–water partition coefficient (Wildman–Crippen LogP) is -6.27. The number of hydrogen-bond donors (Lipinski definition) is 2. The molecule has 11 heavy (non-hydrogen) atoms. The summed E-state index contributed by atoms with van der Waals surface area (Å²) < 4.78 is 8.77. The van der Waals surface area contributed by atoms with Gasteiger partial charge in [0, 0.05) is 0 Å². The Morgan fingerprint density at radius 1 is 1.18 bits per heavy atom. The van der Waals surface area contributed by atoms with E-state index in [-0.39, 0.29) is 60.8 Å². The van der Waals surface area contributed by atoms with Gasteiger partial charge < -0.3 is 29.8 Å². The van der Waals surface area contributed by atoms with Gasteiger partial charge in [-0.3, -0.25) is 11.9 Å². The van der Waals surface area contributed by atoms with Crippen LogP contribution in [0.4, 0.5) is 0 Å². The van der Waals surface area contributed by atoms with E-state index in [9.17, 15) is 0 Å². The van der Waals surface area contributed by atoms with Crippen LogP contribution in [-0.4, -0.2) is 77.9 Å². The first-order valence-electron chi connectivity index (χ1n) is 1.47. The fourth-order valence-electron chi connectivity index (χ4n) is 0. The van der Waals surface area contributed by atoms with Gasteiger partial charge in [0.05, 0.1) is 0 Å². The van der Waals surface area contributed by atoms with Gasteiger partial charge in [0.15, 0.2) is 0 Å². The number of rotatable bonds is 0. The molecule has 0 fully saturated rings. The second-order valence-corrected chi connectivity index (χ2v) is 1.76. The van der Waals surface area contributed by atoms with Crippen molar-refractivity contribution in [1.82, 2.24) is 0 Å². The van der Waals surface area contributed by atoms with Crippen molar-refractivity contribution >= 4 is 75.9 Å². The summed E-state index contributed by atoms with van der Waals surface area (Å²) in [4.78, 5) is 22.9. The van der Waals surface area contributed by atoms with Gasteiger partial charge in [0.2, 0.25) is 0 Å². The third-order valence-corrected chi connectivity index (χ3v) is 0. The van der Waals surface area contributed by atoms with E-state index >= 15 is 0 Å². The maximum absolute atomic E-state index is 8.77. The van der Waals surface area contributed by atoms with E-state index in [0.717, 1.165) is 0 Å². The SMILES string of the molecule is O=P([O-])(O)O.[Ca+2].[Mg+2].[O-]B([O-])[O-]. The minimum Gasteiger partial charge on any atom is -0.907 e. The molecule has 56 valence electrons. The van der Waals surface area contributed by atoms with Crippen LogP contribution in [-0.2, 0) is 4.57 Å². The first kappa shape index (κ1) is 23.2. The van der Waals surface area contributed by atoms with Gasteiger partial charge in [0.1, 0.15) is 0 Å². The largest absolute Gasteiger partial charge is 2.00 e. The molecule has 0 unspecified atom stereocenters. The summed E-state index contributed by atoms with van der Waals surface area (Å²) in [6.07, 6.45) is 0. The Labute approximate surface area is 109 Å². The second kappa shape index (κ2) is 12.1. The van der Waals surface area contributed by atoms with Gasteiger partial charge in [-0.2, -0.15) is 0 Å². The second-order valence-electron chi connectivity index (χ2n) is 0.779. The minimum atomic E-state index is -4.89. The van der Waals surface area contributed by atoms with Crippen molar-refractivity contribution in [2.24, 2.45) is 0 Å². The molecule has 0 heterocycles. The fraction of sp³-hybridized carbons (Fsp3) is 0. The number of phosphoric acid groups is 1. The van der Waals surface area contributed by atoms with Crippen LogP contribution in [0, 0.1) is 0 Å². The fourth-order valence-corrected chi connectivity index (χ4v) is 0. The molecule has 0 radical (unpaired) electrons. The summed E-state index contributed by atoms with van der Waals surface area (Å²) in [5.74, 6) is 0. The van der Waals surface area contributed by atoms with Crippen molar-refractivity contribution < 1.29 is 34.3 Å². The molecular weight excluding hydrogens is 218 g/mol. The van der Waals surface area contributed by atoms with E-state index in [0.29, 0.717) is 0 Å². The summed E-state index contributed by atoms with van der Waals surface area (Å²) in [6, 6.07) is 0. The van der Waals surface area contributed by atoms with E-state index in [1.54, 1.807) is 0 Å². The Morgan fingerprint density at radius 3 is 1.18 bits per heavy atom. The van der Waals surface area contributed by atoms with Crippen LogP contribution in [0.15, 0.2) is 0 Å².